The number of fused-ring (bicyclic) bond motifs is 2. The monoisotopic (exact) mass is 360 g/mol. The Morgan fingerprint density at radius 1 is 1.26 bits per heavy atom. The van der Waals surface area contributed by atoms with Crippen LogP contribution in [-0.4, -0.2) is 5.91 Å². The molecule has 1 heterocycles. The summed E-state index contributed by atoms with van der Waals surface area (Å²) in [5.74, 6) is -0.427. The minimum atomic E-state index is -0.824. The van der Waals surface area contributed by atoms with Gasteiger partial charge in [-0.05, 0) is 67.5 Å². The molecule has 27 heavy (non-hydrogen) atoms. The fourth-order valence-corrected chi connectivity index (χ4v) is 4.30. The van der Waals surface area contributed by atoms with Crippen molar-refractivity contribution in [2.24, 2.45) is 10.9 Å². The van der Waals surface area contributed by atoms with Crippen molar-refractivity contribution >= 4 is 11.5 Å². The van der Waals surface area contributed by atoms with Crippen molar-refractivity contribution in [3.05, 3.63) is 70.0 Å². The van der Waals surface area contributed by atoms with E-state index in [1.54, 1.807) is 6.07 Å². The maximum absolute atomic E-state index is 13.5. The highest BCUT2D eigenvalue weighted by atomic mass is 19.1. The summed E-state index contributed by atoms with van der Waals surface area (Å²) in [6, 6.07) is 14.6. The van der Waals surface area contributed by atoms with E-state index in [0.717, 1.165) is 42.0 Å². The lowest BCUT2D eigenvalue weighted by Gasteiger charge is -2.26. The lowest BCUT2D eigenvalue weighted by molar-refractivity contribution is -0.120. The second kappa shape index (κ2) is 6.74. The van der Waals surface area contributed by atoms with Gasteiger partial charge in [0.05, 0.1) is 22.8 Å². The van der Waals surface area contributed by atoms with Crippen molar-refractivity contribution in [2.75, 3.05) is 0 Å². The molecule has 0 bridgehead atoms. The first-order chi connectivity index (χ1) is 13.0. The summed E-state index contributed by atoms with van der Waals surface area (Å²) in [5.41, 5.74) is 1.95. The number of amides is 1. The summed E-state index contributed by atoms with van der Waals surface area (Å²) in [6.07, 6.45) is 4.40. The first-order valence-corrected chi connectivity index (χ1v) is 9.42. The van der Waals surface area contributed by atoms with Crippen molar-refractivity contribution < 1.29 is 9.18 Å². The van der Waals surface area contributed by atoms with Gasteiger partial charge in [0.2, 0.25) is 0 Å². The van der Waals surface area contributed by atoms with Crippen LogP contribution in [0.3, 0.4) is 0 Å². The Morgan fingerprint density at radius 3 is 2.89 bits per heavy atom. The molecule has 0 aromatic heterocycles. The predicted molar refractivity (Wildman–Crippen MR) is 101 cm³/mol. The molecule has 2 aliphatic rings. The minimum Gasteiger partial charge on any atom is -0.272 e. The van der Waals surface area contributed by atoms with E-state index >= 15 is 0 Å². The van der Waals surface area contributed by atoms with Crippen molar-refractivity contribution in [3.8, 4) is 6.07 Å². The van der Waals surface area contributed by atoms with Crippen LogP contribution in [0.15, 0.2) is 47.5 Å². The van der Waals surface area contributed by atoms with Gasteiger partial charge in [-0.2, -0.15) is 5.26 Å². The van der Waals surface area contributed by atoms with E-state index in [-0.39, 0.29) is 17.6 Å². The molecule has 0 spiro atoms. The van der Waals surface area contributed by atoms with Crippen molar-refractivity contribution in [3.63, 3.8) is 0 Å². The van der Waals surface area contributed by atoms with Crippen LogP contribution in [0, 0.1) is 23.1 Å². The summed E-state index contributed by atoms with van der Waals surface area (Å²) < 4.78 is 13.5. The van der Waals surface area contributed by atoms with Gasteiger partial charge in [-0.15, -0.1) is 0 Å². The van der Waals surface area contributed by atoms with Crippen LogP contribution in [0.25, 0.3) is 5.57 Å². The number of carbonyl (C=O) groups is 1. The molecule has 2 aromatic carbocycles. The van der Waals surface area contributed by atoms with Crippen molar-refractivity contribution in [1.29, 1.82) is 5.26 Å². The van der Waals surface area contributed by atoms with E-state index in [9.17, 15) is 14.4 Å². The molecule has 0 N–H and O–H groups in total. The second-order valence-corrected chi connectivity index (χ2v) is 7.76. The number of hydrogen-bond donors (Lipinski definition) is 0. The molecule has 4 heteroatoms. The largest absolute Gasteiger partial charge is 0.272 e. The second-order valence-electron chi connectivity index (χ2n) is 7.76. The van der Waals surface area contributed by atoms with Crippen LogP contribution < -0.4 is 10.6 Å². The van der Waals surface area contributed by atoms with E-state index in [1.165, 1.54) is 17.7 Å². The normalized spacial score (nSPS) is 20.7. The van der Waals surface area contributed by atoms with Gasteiger partial charge >= 0.3 is 0 Å². The highest BCUT2D eigenvalue weighted by molar-refractivity contribution is 5.90. The molecule has 1 aliphatic carbocycles. The highest BCUT2D eigenvalue weighted by Gasteiger charge is 2.31. The number of halogens is 1. The number of benzene rings is 2. The predicted octanol–water partition coefficient (Wildman–Crippen LogP) is 3.35. The molecule has 1 saturated carbocycles. The zero-order valence-electron chi connectivity index (χ0n) is 15.3. The Bertz CT molecular complexity index is 1080. The molecule has 1 amide bonds. The molecule has 1 aliphatic heterocycles. The standard InChI is InChI=1S/C23H21FN2O/c1-23(14-25,13-15-5-4-6-17(24)11-15)16-9-10-19-18-7-2-3-8-20(18)22(27)26-21(19)12-16/h4-6,9-12,20H,2-3,7-8,13H2,1H3/t20?,23-/m0/s1. The Hall–Kier alpha value is -2.80. The molecule has 3 nitrogen and oxygen atoms in total. The third-order valence-electron chi connectivity index (χ3n) is 5.81. The summed E-state index contributed by atoms with van der Waals surface area (Å²) in [4.78, 5) is 16.8. The van der Waals surface area contributed by atoms with Crippen LogP contribution in [0.2, 0.25) is 0 Å². The number of rotatable bonds is 3. The number of carbonyl (C=O) groups excluding carboxylic acids is 1. The minimum absolute atomic E-state index is 0.0573. The van der Waals surface area contributed by atoms with Gasteiger partial charge in [-0.1, -0.05) is 30.7 Å². The van der Waals surface area contributed by atoms with E-state index in [1.807, 2.05) is 31.2 Å². The quantitative estimate of drug-likeness (QED) is 0.843. The van der Waals surface area contributed by atoms with Gasteiger partial charge < -0.3 is 0 Å². The van der Waals surface area contributed by atoms with Crippen LogP contribution >= 0.6 is 0 Å². The summed E-state index contributed by atoms with van der Waals surface area (Å²) in [6.45, 7) is 1.85. The van der Waals surface area contributed by atoms with Crippen LogP contribution in [0.4, 0.5) is 4.39 Å². The Labute approximate surface area is 157 Å². The van der Waals surface area contributed by atoms with Crippen molar-refractivity contribution in [2.45, 2.75) is 44.4 Å². The topological polar surface area (TPSA) is 53.2 Å². The molecule has 1 unspecified atom stereocenters. The van der Waals surface area contributed by atoms with Crippen LogP contribution in [0.5, 0.6) is 0 Å². The van der Waals surface area contributed by atoms with Crippen LogP contribution in [-0.2, 0) is 16.6 Å². The lowest BCUT2D eigenvalue weighted by atomic mass is 9.77. The Kier molecular flexibility index (Phi) is 4.39. The molecule has 4 rings (SSSR count). The van der Waals surface area contributed by atoms with Crippen molar-refractivity contribution in [1.82, 2.24) is 0 Å². The average Bonchev–Trinajstić information content (AvgIpc) is 2.68. The van der Waals surface area contributed by atoms with Gasteiger partial charge in [-0.3, -0.25) is 4.79 Å². The molecule has 0 radical (unpaired) electrons. The fraction of sp³-hybridized carbons (Fsp3) is 0.348. The molecule has 0 saturated heterocycles. The molecule has 2 aromatic rings. The van der Waals surface area contributed by atoms with E-state index < -0.39 is 5.41 Å². The molecule has 1 fully saturated rings. The lowest BCUT2D eigenvalue weighted by Crippen LogP contribution is -2.40. The molecular weight excluding hydrogens is 339 g/mol. The third kappa shape index (κ3) is 3.19. The Morgan fingerprint density at radius 2 is 2.11 bits per heavy atom. The molecule has 2 atom stereocenters. The number of nitrogens with zero attached hydrogens (tertiary/aromatic N) is 2. The van der Waals surface area contributed by atoms with Crippen LogP contribution in [0.1, 0.15) is 43.7 Å². The molecule has 136 valence electrons. The smallest absolute Gasteiger partial charge is 0.253 e. The highest BCUT2D eigenvalue weighted by Crippen LogP contribution is 2.32. The Balaban J connectivity index is 1.79. The number of hydrogen-bond acceptors (Lipinski definition) is 2. The first kappa shape index (κ1) is 17.6. The molecular formula is C23H21FN2O. The third-order valence-corrected chi connectivity index (χ3v) is 5.81. The van der Waals surface area contributed by atoms with Gasteiger partial charge in [0.1, 0.15) is 5.82 Å². The zero-order valence-corrected chi connectivity index (χ0v) is 15.3. The average molecular weight is 360 g/mol. The van der Waals surface area contributed by atoms with Gasteiger partial charge in [-0.25, -0.2) is 9.38 Å². The SMILES string of the molecule is C[C@@](C#N)(Cc1cccc(F)c1)c1ccc2c(c1)=NC(=O)C1CCCCC=21. The van der Waals surface area contributed by atoms with Gasteiger partial charge in [0.25, 0.3) is 5.91 Å². The van der Waals surface area contributed by atoms with E-state index in [0.29, 0.717) is 11.8 Å². The maximum atomic E-state index is 13.5. The summed E-state index contributed by atoms with van der Waals surface area (Å²) in [7, 11) is 0. The van der Waals surface area contributed by atoms with Gasteiger partial charge in [0, 0.05) is 5.22 Å². The zero-order chi connectivity index (χ0) is 19.0. The fourth-order valence-electron chi connectivity index (χ4n) is 4.30. The maximum Gasteiger partial charge on any atom is 0.253 e. The van der Waals surface area contributed by atoms with Gasteiger partial charge in [0.15, 0.2) is 0 Å². The number of nitriles is 1. The van der Waals surface area contributed by atoms with E-state index in [4.69, 9.17) is 0 Å². The first-order valence-electron chi connectivity index (χ1n) is 9.42. The summed E-state index contributed by atoms with van der Waals surface area (Å²) in [5, 5.41) is 11.6. The van der Waals surface area contributed by atoms with E-state index in [2.05, 4.69) is 11.1 Å². The summed E-state index contributed by atoms with van der Waals surface area (Å²) >= 11 is 0.